The first-order valence-corrected chi connectivity index (χ1v) is 6.56. The molecule has 1 fully saturated rings. The molecule has 4 nitrogen and oxygen atoms in total. The molecule has 2 N–H and O–H groups in total. The van der Waals surface area contributed by atoms with E-state index in [0.717, 1.165) is 50.8 Å². The Balaban J connectivity index is 1.66. The summed E-state index contributed by atoms with van der Waals surface area (Å²) in [6, 6.07) is 8.09. The highest BCUT2D eigenvalue weighted by molar-refractivity contribution is 5.43. The normalized spacial score (nSPS) is 20.8. The van der Waals surface area contributed by atoms with Crippen molar-refractivity contribution in [2.75, 3.05) is 38.6 Å². The minimum absolute atomic E-state index is 0.520. The van der Waals surface area contributed by atoms with E-state index in [1.807, 2.05) is 24.3 Å². The predicted molar refractivity (Wildman–Crippen MR) is 72.8 cm³/mol. The summed E-state index contributed by atoms with van der Waals surface area (Å²) in [6.07, 6.45) is 1.03. The van der Waals surface area contributed by atoms with E-state index in [-0.39, 0.29) is 0 Å². The van der Waals surface area contributed by atoms with Crippen molar-refractivity contribution in [3.05, 3.63) is 24.3 Å². The lowest BCUT2D eigenvalue weighted by molar-refractivity contribution is -0.00200. The molecule has 0 spiro atoms. The monoisotopic (exact) mass is 250 g/mol. The van der Waals surface area contributed by atoms with Crippen molar-refractivity contribution < 1.29 is 9.47 Å². The Morgan fingerprint density at radius 3 is 3.17 bits per heavy atom. The molecule has 0 aliphatic carbocycles. The highest BCUT2D eigenvalue weighted by Gasteiger charge is 2.17. The van der Waals surface area contributed by atoms with Crippen molar-refractivity contribution in [3.63, 3.8) is 0 Å². The molecule has 1 aliphatic rings. The molecule has 1 saturated heterocycles. The van der Waals surface area contributed by atoms with Crippen LogP contribution in [0.5, 0.6) is 5.75 Å². The quantitative estimate of drug-likeness (QED) is 0.639. The van der Waals surface area contributed by atoms with Crippen LogP contribution in [0.4, 0.5) is 5.69 Å². The van der Waals surface area contributed by atoms with E-state index in [1.165, 1.54) is 0 Å². The zero-order valence-corrected chi connectivity index (χ0v) is 11.0. The molecule has 0 saturated carbocycles. The summed E-state index contributed by atoms with van der Waals surface area (Å²) >= 11 is 0. The first kappa shape index (κ1) is 13.2. The van der Waals surface area contributed by atoms with Crippen LogP contribution in [0.1, 0.15) is 13.3 Å². The summed E-state index contributed by atoms with van der Waals surface area (Å²) < 4.78 is 11.1. The summed E-state index contributed by atoms with van der Waals surface area (Å²) in [5.41, 5.74) is 6.44. The Hall–Kier alpha value is -1.26. The van der Waals surface area contributed by atoms with Gasteiger partial charge in [0, 0.05) is 30.9 Å². The number of hydrogen-bond acceptors (Lipinski definition) is 4. The van der Waals surface area contributed by atoms with E-state index in [2.05, 4.69) is 11.8 Å². The average molecular weight is 250 g/mol. The summed E-state index contributed by atoms with van der Waals surface area (Å²) in [5.74, 6) is 0.852. The van der Waals surface area contributed by atoms with Gasteiger partial charge < -0.3 is 15.2 Å². The number of rotatable bonds is 5. The van der Waals surface area contributed by atoms with Gasteiger partial charge >= 0.3 is 0 Å². The fourth-order valence-corrected chi connectivity index (χ4v) is 2.16. The zero-order chi connectivity index (χ0) is 12.8. The Morgan fingerprint density at radius 1 is 1.50 bits per heavy atom. The van der Waals surface area contributed by atoms with Gasteiger partial charge in [0.05, 0.1) is 19.8 Å². The summed E-state index contributed by atoms with van der Waals surface area (Å²) in [4.78, 5) is 2.45. The number of morpholine rings is 1. The topological polar surface area (TPSA) is 47.7 Å². The lowest BCUT2D eigenvalue weighted by atomic mass is 10.2. The SMILES string of the molecule is CC1COCCN1CCCOc1cccc(N)c1. The predicted octanol–water partition coefficient (Wildman–Crippen LogP) is 1.76. The summed E-state index contributed by atoms with van der Waals surface area (Å²) in [7, 11) is 0. The number of nitrogens with zero attached hydrogens (tertiary/aromatic N) is 1. The Bertz CT molecular complexity index is 371. The average Bonchev–Trinajstić information content (AvgIpc) is 2.37. The van der Waals surface area contributed by atoms with Crippen molar-refractivity contribution in [3.8, 4) is 5.75 Å². The van der Waals surface area contributed by atoms with Gasteiger partial charge in [-0.3, -0.25) is 4.90 Å². The van der Waals surface area contributed by atoms with E-state index >= 15 is 0 Å². The minimum atomic E-state index is 0.520. The molecule has 1 aromatic carbocycles. The van der Waals surface area contributed by atoms with E-state index in [4.69, 9.17) is 15.2 Å². The molecule has 4 heteroatoms. The molecule has 0 bridgehead atoms. The number of nitrogens with two attached hydrogens (primary N) is 1. The largest absolute Gasteiger partial charge is 0.493 e. The Kier molecular flexibility index (Phi) is 4.84. The maximum Gasteiger partial charge on any atom is 0.121 e. The summed E-state index contributed by atoms with van der Waals surface area (Å²) in [5, 5.41) is 0. The Labute approximate surface area is 109 Å². The van der Waals surface area contributed by atoms with Crippen LogP contribution in [0.15, 0.2) is 24.3 Å². The van der Waals surface area contributed by atoms with E-state index in [1.54, 1.807) is 0 Å². The van der Waals surface area contributed by atoms with Gasteiger partial charge in [-0.2, -0.15) is 0 Å². The van der Waals surface area contributed by atoms with Gasteiger partial charge in [0.15, 0.2) is 0 Å². The van der Waals surface area contributed by atoms with Gasteiger partial charge in [0.25, 0.3) is 0 Å². The molecule has 1 atom stereocenters. The van der Waals surface area contributed by atoms with Crippen molar-refractivity contribution in [1.82, 2.24) is 4.90 Å². The van der Waals surface area contributed by atoms with Crippen molar-refractivity contribution in [2.24, 2.45) is 0 Å². The second-order valence-corrected chi connectivity index (χ2v) is 4.73. The lowest BCUT2D eigenvalue weighted by Crippen LogP contribution is -2.44. The molecule has 1 unspecified atom stereocenters. The maximum absolute atomic E-state index is 5.70. The van der Waals surface area contributed by atoms with Gasteiger partial charge in [-0.05, 0) is 25.5 Å². The van der Waals surface area contributed by atoms with Crippen LogP contribution in [-0.4, -0.2) is 43.9 Å². The standard InChI is InChI=1S/C14H22N2O2/c1-12-11-17-9-7-16(12)6-3-8-18-14-5-2-4-13(15)10-14/h2,4-5,10,12H,3,6-9,11,15H2,1H3. The van der Waals surface area contributed by atoms with Crippen molar-refractivity contribution >= 4 is 5.69 Å². The fourth-order valence-electron chi connectivity index (χ4n) is 2.16. The zero-order valence-electron chi connectivity index (χ0n) is 11.0. The molecule has 0 aromatic heterocycles. The highest BCUT2D eigenvalue weighted by Crippen LogP contribution is 2.14. The number of ether oxygens (including phenoxy) is 2. The van der Waals surface area contributed by atoms with Crippen LogP contribution < -0.4 is 10.5 Å². The Morgan fingerprint density at radius 2 is 2.39 bits per heavy atom. The molecule has 2 rings (SSSR count). The molecule has 1 heterocycles. The number of hydrogen-bond donors (Lipinski definition) is 1. The number of benzene rings is 1. The van der Waals surface area contributed by atoms with Crippen LogP contribution in [0.25, 0.3) is 0 Å². The molecule has 18 heavy (non-hydrogen) atoms. The maximum atomic E-state index is 5.70. The van der Waals surface area contributed by atoms with Crippen LogP contribution in [0.2, 0.25) is 0 Å². The third-order valence-electron chi connectivity index (χ3n) is 3.22. The van der Waals surface area contributed by atoms with Crippen molar-refractivity contribution in [1.29, 1.82) is 0 Å². The molecular weight excluding hydrogens is 228 g/mol. The first-order valence-electron chi connectivity index (χ1n) is 6.56. The van der Waals surface area contributed by atoms with Crippen LogP contribution in [0, 0.1) is 0 Å². The number of nitrogen functional groups attached to an aromatic ring is 1. The molecular formula is C14H22N2O2. The second kappa shape index (κ2) is 6.61. The minimum Gasteiger partial charge on any atom is -0.493 e. The molecule has 0 radical (unpaired) electrons. The third kappa shape index (κ3) is 3.89. The highest BCUT2D eigenvalue weighted by atomic mass is 16.5. The number of anilines is 1. The molecule has 1 aliphatic heterocycles. The molecule has 0 amide bonds. The molecule has 100 valence electrons. The van der Waals surface area contributed by atoms with E-state index < -0.39 is 0 Å². The van der Waals surface area contributed by atoms with Gasteiger partial charge in [0.1, 0.15) is 5.75 Å². The molecule has 1 aromatic rings. The summed E-state index contributed by atoms with van der Waals surface area (Å²) in [6.45, 7) is 6.72. The van der Waals surface area contributed by atoms with Gasteiger partial charge in [-0.25, -0.2) is 0 Å². The second-order valence-electron chi connectivity index (χ2n) is 4.73. The van der Waals surface area contributed by atoms with Gasteiger partial charge in [-0.1, -0.05) is 6.07 Å². The lowest BCUT2D eigenvalue weighted by Gasteiger charge is -2.33. The van der Waals surface area contributed by atoms with Crippen LogP contribution >= 0.6 is 0 Å². The van der Waals surface area contributed by atoms with Gasteiger partial charge in [-0.15, -0.1) is 0 Å². The van der Waals surface area contributed by atoms with Crippen LogP contribution in [-0.2, 0) is 4.74 Å². The smallest absolute Gasteiger partial charge is 0.121 e. The third-order valence-corrected chi connectivity index (χ3v) is 3.22. The fraction of sp³-hybridized carbons (Fsp3) is 0.571. The van der Waals surface area contributed by atoms with Gasteiger partial charge in [0.2, 0.25) is 0 Å². The van der Waals surface area contributed by atoms with E-state index in [0.29, 0.717) is 6.04 Å². The van der Waals surface area contributed by atoms with Crippen LogP contribution in [0.3, 0.4) is 0 Å². The van der Waals surface area contributed by atoms with E-state index in [9.17, 15) is 0 Å². The van der Waals surface area contributed by atoms with Crippen molar-refractivity contribution in [2.45, 2.75) is 19.4 Å². The first-order chi connectivity index (χ1) is 8.75.